The molecule has 2 heterocycles. The van der Waals surface area contributed by atoms with Gasteiger partial charge in [0.15, 0.2) is 0 Å². The first-order chi connectivity index (χ1) is 10.3. The van der Waals surface area contributed by atoms with E-state index in [2.05, 4.69) is 35.3 Å². The van der Waals surface area contributed by atoms with E-state index in [9.17, 15) is 0 Å². The molecule has 1 aromatic heterocycles. The van der Waals surface area contributed by atoms with E-state index in [0.29, 0.717) is 0 Å². The number of hydrogen-bond donors (Lipinski definition) is 1. The van der Waals surface area contributed by atoms with Crippen LogP contribution in [0.1, 0.15) is 63.3 Å². The van der Waals surface area contributed by atoms with Crippen LogP contribution in [-0.2, 0) is 13.1 Å². The summed E-state index contributed by atoms with van der Waals surface area (Å²) in [6, 6.07) is 8.05. The molecular formula is C18H29N3. The van der Waals surface area contributed by atoms with Crippen LogP contribution in [0.15, 0.2) is 18.2 Å². The number of hydrogen-bond acceptors (Lipinski definition) is 3. The lowest BCUT2D eigenvalue weighted by Crippen LogP contribution is -2.39. The zero-order valence-electron chi connectivity index (χ0n) is 13.4. The molecule has 3 nitrogen and oxygen atoms in total. The minimum Gasteiger partial charge on any atom is -0.308 e. The molecule has 2 aliphatic rings. The first kappa shape index (κ1) is 15.0. The fourth-order valence-corrected chi connectivity index (χ4v) is 3.39. The first-order valence-corrected chi connectivity index (χ1v) is 8.77. The summed E-state index contributed by atoms with van der Waals surface area (Å²) in [4.78, 5) is 7.52. The van der Waals surface area contributed by atoms with Gasteiger partial charge in [-0.25, -0.2) is 0 Å². The Morgan fingerprint density at radius 1 is 1.19 bits per heavy atom. The molecule has 0 bridgehead atoms. The van der Waals surface area contributed by atoms with E-state index in [1.807, 2.05) is 0 Å². The minimum absolute atomic E-state index is 0.756. The Kier molecular flexibility index (Phi) is 5.26. The summed E-state index contributed by atoms with van der Waals surface area (Å²) in [5.74, 6) is 0. The molecule has 0 aromatic carbocycles. The maximum absolute atomic E-state index is 4.86. The number of likely N-dealkylation sites (tertiary alicyclic amines) is 1. The van der Waals surface area contributed by atoms with Crippen molar-refractivity contribution in [1.82, 2.24) is 15.2 Å². The highest BCUT2D eigenvalue weighted by Gasteiger charge is 2.22. The average molecular weight is 287 g/mol. The largest absolute Gasteiger partial charge is 0.308 e. The van der Waals surface area contributed by atoms with Gasteiger partial charge in [-0.15, -0.1) is 0 Å². The fourth-order valence-electron chi connectivity index (χ4n) is 3.39. The molecule has 1 atom stereocenters. The van der Waals surface area contributed by atoms with Gasteiger partial charge in [-0.1, -0.05) is 25.8 Å². The van der Waals surface area contributed by atoms with Gasteiger partial charge in [-0.2, -0.15) is 0 Å². The van der Waals surface area contributed by atoms with Gasteiger partial charge in [0.1, 0.15) is 0 Å². The first-order valence-electron chi connectivity index (χ1n) is 8.77. The van der Waals surface area contributed by atoms with E-state index in [4.69, 9.17) is 4.98 Å². The van der Waals surface area contributed by atoms with Crippen molar-refractivity contribution < 1.29 is 0 Å². The lowest BCUT2D eigenvalue weighted by atomic mass is 9.98. The van der Waals surface area contributed by atoms with Crippen molar-refractivity contribution in [1.29, 1.82) is 0 Å². The maximum Gasteiger partial charge on any atom is 0.0547 e. The van der Waals surface area contributed by atoms with Crippen LogP contribution in [-0.4, -0.2) is 28.5 Å². The lowest BCUT2D eigenvalue weighted by molar-refractivity contribution is 0.130. The highest BCUT2D eigenvalue weighted by Crippen LogP contribution is 2.23. The highest BCUT2D eigenvalue weighted by atomic mass is 15.2. The van der Waals surface area contributed by atoms with Gasteiger partial charge in [0.05, 0.1) is 11.4 Å². The van der Waals surface area contributed by atoms with Crippen LogP contribution in [0.2, 0.25) is 0 Å². The molecule has 116 valence electrons. The van der Waals surface area contributed by atoms with Gasteiger partial charge >= 0.3 is 0 Å². The van der Waals surface area contributed by atoms with Gasteiger partial charge in [-0.05, 0) is 50.8 Å². The van der Waals surface area contributed by atoms with Crippen LogP contribution in [0, 0.1) is 0 Å². The molecule has 1 unspecified atom stereocenters. The molecule has 1 N–H and O–H groups in total. The Morgan fingerprint density at radius 3 is 2.86 bits per heavy atom. The molecule has 1 aliphatic heterocycles. The summed E-state index contributed by atoms with van der Waals surface area (Å²) < 4.78 is 0. The van der Waals surface area contributed by atoms with Crippen LogP contribution in [0.5, 0.6) is 0 Å². The van der Waals surface area contributed by atoms with Crippen molar-refractivity contribution in [2.75, 3.05) is 6.54 Å². The summed E-state index contributed by atoms with van der Waals surface area (Å²) in [6.45, 7) is 5.50. The summed E-state index contributed by atoms with van der Waals surface area (Å²) >= 11 is 0. The highest BCUT2D eigenvalue weighted by molar-refractivity contribution is 5.12. The number of piperidine rings is 1. The zero-order valence-corrected chi connectivity index (χ0v) is 13.4. The third-order valence-electron chi connectivity index (χ3n) is 4.75. The summed E-state index contributed by atoms with van der Waals surface area (Å²) in [5.41, 5.74) is 2.44. The SMILES string of the molecule is CCCC1CCCCN1Cc1cccc(CNC2CC2)n1. The minimum atomic E-state index is 0.756. The number of nitrogens with one attached hydrogen (secondary N) is 1. The number of rotatable bonds is 7. The molecule has 3 rings (SSSR count). The molecule has 2 fully saturated rings. The Labute approximate surface area is 129 Å². The van der Waals surface area contributed by atoms with E-state index in [-0.39, 0.29) is 0 Å². The molecule has 0 amide bonds. The van der Waals surface area contributed by atoms with Crippen molar-refractivity contribution in [2.45, 2.75) is 77.0 Å². The van der Waals surface area contributed by atoms with Crippen LogP contribution in [0.4, 0.5) is 0 Å². The van der Waals surface area contributed by atoms with Crippen LogP contribution in [0.3, 0.4) is 0 Å². The second-order valence-electron chi connectivity index (χ2n) is 6.68. The quantitative estimate of drug-likeness (QED) is 0.832. The Balaban J connectivity index is 1.58. The molecule has 1 saturated heterocycles. The molecule has 1 aliphatic carbocycles. The van der Waals surface area contributed by atoms with E-state index < -0.39 is 0 Å². The Morgan fingerprint density at radius 2 is 2.05 bits per heavy atom. The predicted molar refractivity (Wildman–Crippen MR) is 87.1 cm³/mol. The van der Waals surface area contributed by atoms with E-state index in [0.717, 1.165) is 25.2 Å². The second-order valence-corrected chi connectivity index (χ2v) is 6.68. The Hall–Kier alpha value is -0.930. The second kappa shape index (κ2) is 7.37. The van der Waals surface area contributed by atoms with Crippen molar-refractivity contribution in [3.8, 4) is 0 Å². The van der Waals surface area contributed by atoms with Crippen molar-refractivity contribution in [3.05, 3.63) is 29.6 Å². The standard InChI is InChI=1S/C18H29N3/c1-2-6-18-9-3-4-12-21(18)14-17-8-5-7-16(20-17)13-19-15-10-11-15/h5,7-8,15,18-19H,2-4,6,9-14H2,1H3. The van der Waals surface area contributed by atoms with Gasteiger partial charge in [0, 0.05) is 25.2 Å². The van der Waals surface area contributed by atoms with Gasteiger partial charge < -0.3 is 5.32 Å². The molecule has 0 spiro atoms. The zero-order chi connectivity index (χ0) is 14.5. The summed E-state index contributed by atoms with van der Waals surface area (Å²) in [5, 5.41) is 3.56. The predicted octanol–water partition coefficient (Wildman–Crippen LogP) is 3.49. The topological polar surface area (TPSA) is 28.2 Å². The normalized spacial score (nSPS) is 23.4. The number of nitrogens with zero attached hydrogens (tertiary/aromatic N) is 2. The summed E-state index contributed by atoms with van der Waals surface area (Å²) in [7, 11) is 0. The molecule has 21 heavy (non-hydrogen) atoms. The van der Waals surface area contributed by atoms with Gasteiger partial charge in [-0.3, -0.25) is 9.88 Å². The van der Waals surface area contributed by atoms with Crippen molar-refractivity contribution in [3.63, 3.8) is 0 Å². The monoisotopic (exact) mass is 287 g/mol. The summed E-state index contributed by atoms with van der Waals surface area (Å²) in [6.07, 6.45) is 9.43. The number of pyridine rings is 1. The maximum atomic E-state index is 4.86. The third kappa shape index (κ3) is 4.52. The van der Waals surface area contributed by atoms with E-state index in [1.165, 1.54) is 62.9 Å². The van der Waals surface area contributed by atoms with Crippen LogP contribution in [0.25, 0.3) is 0 Å². The molecular weight excluding hydrogens is 258 g/mol. The van der Waals surface area contributed by atoms with Crippen LogP contribution < -0.4 is 5.32 Å². The van der Waals surface area contributed by atoms with E-state index >= 15 is 0 Å². The molecule has 1 saturated carbocycles. The van der Waals surface area contributed by atoms with Crippen LogP contribution >= 0.6 is 0 Å². The van der Waals surface area contributed by atoms with Crippen molar-refractivity contribution in [2.24, 2.45) is 0 Å². The number of aromatic nitrogens is 1. The van der Waals surface area contributed by atoms with Gasteiger partial charge in [0.2, 0.25) is 0 Å². The Bertz CT molecular complexity index is 440. The molecule has 0 radical (unpaired) electrons. The fraction of sp³-hybridized carbons (Fsp3) is 0.722. The van der Waals surface area contributed by atoms with E-state index in [1.54, 1.807) is 0 Å². The molecule has 3 heteroatoms. The third-order valence-corrected chi connectivity index (χ3v) is 4.75. The van der Waals surface area contributed by atoms with Gasteiger partial charge in [0.25, 0.3) is 0 Å². The molecule has 1 aromatic rings. The lowest BCUT2D eigenvalue weighted by Gasteiger charge is -2.35. The van der Waals surface area contributed by atoms with Crippen molar-refractivity contribution >= 4 is 0 Å². The smallest absolute Gasteiger partial charge is 0.0547 e. The average Bonchev–Trinajstić information content (AvgIpc) is 3.32.